The number of nitrogens with one attached hydrogen (secondary N) is 1. The van der Waals surface area contributed by atoms with E-state index in [1.165, 1.54) is 0 Å². The number of methoxy groups -OCH3 is 1. The highest BCUT2D eigenvalue weighted by atomic mass is 16.5. The van der Waals surface area contributed by atoms with E-state index in [0.717, 1.165) is 23.3 Å². The Morgan fingerprint density at radius 3 is 2.86 bits per heavy atom. The van der Waals surface area contributed by atoms with Gasteiger partial charge in [0.1, 0.15) is 5.75 Å². The molecule has 35 heavy (non-hydrogen) atoms. The van der Waals surface area contributed by atoms with Gasteiger partial charge in [0.05, 0.1) is 30.7 Å². The zero-order chi connectivity index (χ0) is 25.0. The van der Waals surface area contributed by atoms with Crippen LogP contribution in [0.5, 0.6) is 5.75 Å². The fourth-order valence-corrected chi connectivity index (χ4v) is 4.74. The van der Waals surface area contributed by atoms with E-state index >= 15 is 0 Å². The number of amides is 2. The van der Waals surface area contributed by atoms with Crippen LogP contribution in [0, 0.1) is 0 Å². The highest BCUT2D eigenvalue weighted by molar-refractivity contribution is 5.99. The zero-order valence-electron chi connectivity index (χ0n) is 20.6. The van der Waals surface area contributed by atoms with Crippen LogP contribution in [0.2, 0.25) is 0 Å². The number of nitrogens with zero attached hydrogens (tertiary/aromatic N) is 2. The summed E-state index contributed by atoms with van der Waals surface area (Å²) < 4.78 is 11.0. The van der Waals surface area contributed by atoms with Crippen molar-refractivity contribution in [1.29, 1.82) is 0 Å². The van der Waals surface area contributed by atoms with Crippen LogP contribution in [0.15, 0.2) is 53.5 Å². The van der Waals surface area contributed by atoms with E-state index in [1.54, 1.807) is 18.1 Å². The van der Waals surface area contributed by atoms with Gasteiger partial charge in [0, 0.05) is 31.3 Å². The first-order valence-corrected chi connectivity index (χ1v) is 12.1. The fourth-order valence-electron chi connectivity index (χ4n) is 4.74. The average molecular weight is 479 g/mol. The van der Waals surface area contributed by atoms with Crippen LogP contribution in [0.1, 0.15) is 73.1 Å². The first-order chi connectivity index (χ1) is 16.8. The van der Waals surface area contributed by atoms with E-state index in [9.17, 15) is 9.59 Å². The van der Waals surface area contributed by atoms with Gasteiger partial charge in [-0.1, -0.05) is 37.3 Å². The Kier molecular flexibility index (Phi) is 7.40. The number of ether oxygens (including phenoxy) is 2. The van der Waals surface area contributed by atoms with Crippen molar-refractivity contribution in [2.75, 3.05) is 20.3 Å². The molecule has 8 heteroatoms. The van der Waals surface area contributed by atoms with Gasteiger partial charge in [0.15, 0.2) is 5.96 Å². The van der Waals surface area contributed by atoms with Gasteiger partial charge in [-0.15, -0.1) is 0 Å². The molecule has 2 heterocycles. The third kappa shape index (κ3) is 5.32. The largest absolute Gasteiger partial charge is 0.493 e. The fraction of sp³-hybridized carbons (Fsp3) is 0.444. The van der Waals surface area contributed by atoms with Gasteiger partial charge in [-0.3, -0.25) is 14.5 Å². The van der Waals surface area contributed by atoms with Gasteiger partial charge in [0.25, 0.3) is 5.91 Å². The summed E-state index contributed by atoms with van der Waals surface area (Å²) in [4.78, 5) is 32.6. The smallest absolute Gasteiger partial charge is 0.251 e. The van der Waals surface area contributed by atoms with E-state index in [1.807, 2.05) is 56.3 Å². The minimum Gasteiger partial charge on any atom is -0.493 e. The normalized spacial score (nSPS) is 22.6. The molecule has 2 aromatic carbocycles. The topological polar surface area (TPSA) is 106 Å². The number of fused-ring (bicyclic) bond motifs is 1. The van der Waals surface area contributed by atoms with Gasteiger partial charge in [-0.05, 0) is 43.5 Å². The van der Waals surface area contributed by atoms with E-state index < -0.39 is 5.54 Å². The summed E-state index contributed by atoms with van der Waals surface area (Å²) in [6.07, 6.45) is 2.24. The van der Waals surface area contributed by atoms with Crippen molar-refractivity contribution < 1.29 is 19.1 Å². The molecule has 186 valence electrons. The Bertz CT molecular complexity index is 1120. The number of nitrogens with two attached hydrogens (primary N) is 1. The Morgan fingerprint density at radius 1 is 1.31 bits per heavy atom. The molecule has 3 N–H and O–H groups in total. The van der Waals surface area contributed by atoms with E-state index in [-0.39, 0.29) is 36.3 Å². The number of para-hydroxylation sites is 1. The summed E-state index contributed by atoms with van der Waals surface area (Å²) in [5.41, 5.74) is 8.13. The summed E-state index contributed by atoms with van der Waals surface area (Å²) in [7, 11) is 1.62. The molecule has 8 nitrogen and oxygen atoms in total. The molecule has 3 atom stereocenters. The highest BCUT2D eigenvalue weighted by Crippen LogP contribution is 2.34. The van der Waals surface area contributed by atoms with E-state index in [4.69, 9.17) is 15.2 Å². The quantitative estimate of drug-likeness (QED) is 0.601. The zero-order valence-corrected chi connectivity index (χ0v) is 20.6. The Balaban J connectivity index is 1.60. The first kappa shape index (κ1) is 24.7. The summed E-state index contributed by atoms with van der Waals surface area (Å²) >= 11 is 0. The minimum absolute atomic E-state index is 0.0726. The molecule has 2 aliphatic rings. The SMILES string of the molecule is CCC1(C)CC(=O)N(C(CCOC)c2cccc(C(=O)N[C@H]3CCOc4ccccc43)c2)C(N)=N1. The van der Waals surface area contributed by atoms with Crippen molar-refractivity contribution in [3.63, 3.8) is 0 Å². The lowest BCUT2D eigenvalue weighted by atomic mass is 9.91. The Morgan fingerprint density at radius 2 is 2.11 bits per heavy atom. The van der Waals surface area contributed by atoms with Gasteiger partial charge < -0.3 is 20.5 Å². The van der Waals surface area contributed by atoms with Crippen LogP contribution in [-0.4, -0.2) is 48.5 Å². The first-order valence-electron chi connectivity index (χ1n) is 12.1. The predicted molar refractivity (Wildman–Crippen MR) is 134 cm³/mol. The monoisotopic (exact) mass is 478 g/mol. The molecule has 0 saturated heterocycles. The number of rotatable bonds is 8. The van der Waals surface area contributed by atoms with Crippen molar-refractivity contribution in [3.05, 3.63) is 65.2 Å². The summed E-state index contributed by atoms with van der Waals surface area (Å²) in [5.74, 6) is 0.760. The molecule has 0 fully saturated rings. The van der Waals surface area contributed by atoms with Gasteiger partial charge in [0.2, 0.25) is 5.91 Å². The molecule has 2 unspecified atom stereocenters. The van der Waals surface area contributed by atoms with Crippen molar-refractivity contribution in [3.8, 4) is 5.75 Å². The molecule has 2 aliphatic heterocycles. The van der Waals surface area contributed by atoms with Crippen LogP contribution in [-0.2, 0) is 9.53 Å². The van der Waals surface area contributed by atoms with Crippen molar-refractivity contribution in [2.24, 2.45) is 10.7 Å². The molecule has 0 spiro atoms. The van der Waals surface area contributed by atoms with Crippen LogP contribution >= 0.6 is 0 Å². The van der Waals surface area contributed by atoms with Crippen LogP contribution < -0.4 is 15.8 Å². The molecule has 0 aliphatic carbocycles. The number of guanidine groups is 1. The third-order valence-electron chi connectivity index (χ3n) is 6.90. The lowest BCUT2D eigenvalue weighted by Crippen LogP contribution is -2.52. The molecule has 0 bridgehead atoms. The highest BCUT2D eigenvalue weighted by Gasteiger charge is 2.38. The van der Waals surface area contributed by atoms with Crippen LogP contribution in [0.3, 0.4) is 0 Å². The Labute approximate surface area is 206 Å². The Hall–Kier alpha value is -3.39. The summed E-state index contributed by atoms with van der Waals surface area (Å²) in [6.45, 7) is 4.93. The van der Waals surface area contributed by atoms with E-state index in [2.05, 4.69) is 10.3 Å². The second-order valence-electron chi connectivity index (χ2n) is 9.38. The van der Waals surface area contributed by atoms with Gasteiger partial charge >= 0.3 is 0 Å². The van der Waals surface area contributed by atoms with Crippen molar-refractivity contribution in [1.82, 2.24) is 10.2 Å². The molecular weight excluding hydrogens is 444 g/mol. The van der Waals surface area contributed by atoms with Gasteiger partial charge in [-0.2, -0.15) is 0 Å². The van der Waals surface area contributed by atoms with Crippen LogP contribution in [0.4, 0.5) is 0 Å². The number of hydrogen-bond donors (Lipinski definition) is 2. The molecule has 0 radical (unpaired) electrons. The predicted octanol–water partition coefficient (Wildman–Crippen LogP) is 3.73. The van der Waals surface area contributed by atoms with Crippen LogP contribution in [0.25, 0.3) is 0 Å². The van der Waals surface area contributed by atoms with Crippen molar-refractivity contribution in [2.45, 2.75) is 57.2 Å². The maximum absolute atomic E-state index is 13.2. The maximum Gasteiger partial charge on any atom is 0.251 e. The summed E-state index contributed by atoms with van der Waals surface area (Å²) in [6, 6.07) is 14.6. The third-order valence-corrected chi connectivity index (χ3v) is 6.90. The second-order valence-corrected chi connectivity index (χ2v) is 9.38. The molecule has 0 saturated carbocycles. The second kappa shape index (κ2) is 10.5. The average Bonchev–Trinajstić information content (AvgIpc) is 2.86. The number of carbonyl (C=O) groups excluding carboxylic acids is 2. The minimum atomic E-state index is -0.495. The molecule has 2 amide bonds. The number of hydrogen-bond acceptors (Lipinski definition) is 6. The standard InChI is InChI=1S/C27H34N4O4/c1-4-27(2)17-24(32)31(26(28)30-27)22(13-14-34-3)18-8-7-9-19(16-18)25(33)29-21-12-15-35-23-11-6-5-10-20(21)23/h5-11,16,21-22H,4,12-15,17H2,1-3H3,(H2,28,30)(H,29,33)/t21-,22?,27?/m0/s1. The molecule has 4 rings (SSSR count). The maximum atomic E-state index is 13.2. The molecular formula is C27H34N4O4. The lowest BCUT2D eigenvalue weighted by molar-refractivity contribution is -0.131. The summed E-state index contributed by atoms with van der Waals surface area (Å²) in [5, 5.41) is 3.14. The van der Waals surface area contributed by atoms with Gasteiger partial charge in [-0.25, -0.2) is 4.99 Å². The number of benzene rings is 2. The van der Waals surface area contributed by atoms with E-state index in [0.29, 0.717) is 31.6 Å². The molecule has 0 aromatic heterocycles. The molecule has 2 aromatic rings. The number of aliphatic imine (C=N–C) groups is 1. The van der Waals surface area contributed by atoms with Crippen molar-refractivity contribution >= 4 is 17.8 Å². The number of carbonyl (C=O) groups is 2. The lowest BCUT2D eigenvalue weighted by Gasteiger charge is -2.39.